The largest absolute Gasteiger partial charge is 0.382 e. The topological polar surface area (TPSA) is 49.3 Å². The maximum Gasteiger partial charge on any atom is 0.251 e. The van der Waals surface area contributed by atoms with Gasteiger partial charge in [0.2, 0.25) is 0 Å². The summed E-state index contributed by atoms with van der Waals surface area (Å²) in [4.78, 5) is 15.0. The molecule has 2 N–H and O–H groups in total. The zero-order valence-corrected chi connectivity index (χ0v) is 14.3. The number of nitrogens with one attached hydrogen (secondary N) is 1. The van der Waals surface area contributed by atoms with Crippen LogP contribution in [0.5, 0.6) is 0 Å². The normalized spacial score (nSPS) is 12.1. The molecule has 1 aromatic carbocycles. The number of rotatable bonds is 5. The van der Waals surface area contributed by atoms with E-state index in [0.717, 1.165) is 20.2 Å². The zero-order chi connectivity index (χ0) is 16.2. The fourth-order valence-corrected chi connectivity index (χ4v) is 3.96. The van der Waals surface area contributed by atoms with Crippen molar-refractivity contribution in [2.75, 3.05) is 0 Å². The monoisotopic (exact) mass is 343 g/mol. The lowest BCUT2D eigenvalue weighted by atomic mass is 10.1. The summed E-state index contributed by atoms with van der Waals surface area (Å²) in [5.74, 6) is -0.0845. The van der Waals surface area contributed by atoms with Gasteiger partial charge in [0.05, 0.1) is 6.54 Å². The highest BCUT2D eigenvalue weighted by atomic mass is 32.1. The molecular formula is C18H17NO2S2. The molecule has 118 valence electrons. The summed E-state index contributed by atoms with van der Waals surface area (Å²) in [7, 11) is 0. The predicted octanol–water partition coefficient (Wildman–Crippen LogP) is 4.13. The zero-order valence-electron chi connectivity index (χ0n) is 12.7. The van der Waals surface area contributed by atoms with E-state index >= 15 is 0 Å². The first-order chi connectivity index (χ1) is 11.1. The fraction of sp³-hybridized carbons (Fsp3) is 0.167. The Morgan fingerprint density at radius 2 is 1.91 bits per heavy atom. The molecule has 2 aromatic heterocycles. The summed E-state index contributed by atoms with van der Waals surface area (Å²) >= 11 is 3.06. The standard InChI is InChI=1S/C18H17NO2S2/c1-12-4-6-13(7-5-12)18(21)19-11-14-8-9-16(23-14)17(20)15-3-2-10-22-15/h2-10,17,20H,11H2,1H3,(H,19,21). The molecule has 0 aliphatic rings. The number of hydrogen-bond donors (Lipinski definition) is 2. The van der Waals surface area contributed by atoms with Crippen LogP contribution < -0.4 is 5.32 Å². The van der Waals surface area contributed by atoms with Gasteiger partial charge < -0.3 is 10.4 Å². The molecule has 5 heteroatoms. The highest BCUT2D eigenvalue weighted by molar-refractivity contribution is 7.12. The number of thiophene rings is 2. The maximum absolute atomic E-state index is 12.1. The quantitative estimate of drug-likeness (QED) is 0.732. The Kier molecular flexibility index (Phi) is 4.91. The molecule has 0 saturated heterocycles. The molecule has 0 aliphatic carbocycles. The summed E-state index contributed by atoms with van der Waals surface area (Å²) in [5.41, 5.74) is 1.79. The lowest BCUT2D eigenvalue weighted by Gasteiger charge is -2.06. The molecule has 0 fully saturated rings. The van der Waals surface area contributed by atoms with Gasteiger partial charge >= 0.3 is 0 Å². The molecule has 23 heavy (non-hydrogen) atoms. The van der Waals surface area contributed by atoms with Gasteiger partial charge in [-0.25, -0.2) is 0 Å². The molecule has 0 spiro atoms. The number of hydrogen-bond acceptors (Lipinski definition) is 4. The Hall–Kier alpha value is -1.95. The van der Waals surface area contributed by atoms with Gasteiger partial charge in [-0.2, -0.15) is 0 Å². The van der Waals surface area contributed by atoms with Crippen molar-refractivity contribution in [3.05, 3.63) is 79.7 Å². The van der Waals surface area contributed by atoms with Crippen molar-refractivity contribution in [1.82, 2.24) is 5.32 Å². The first kappa shape index (κ1) is 15.9. The van der Waals surface area contributed by atoms with Crippen molar-refractivity contribution in [2.45, 2.75) is 19.6 Å². The van der Waals surface area contributed by atoms with Crippen molar-refractivity contribution in [3.8, 4) is 0 Å². The highest BCUT2D eigenvalue weighted by Gasteiger charge is 2.14. The molecule has 0 radical (unpaired) electrons. The van der Waals surface area contributed by atoms with Crippen LogP contribution >= 0.6 is 22.7 Å². The Labute approximate surface area is 143 Å². The average molecular weight is 343 g/mol. The molecule has 1 unspecified atom stereocenters. The predicted molar refractivity (Wildman–Crippen MR) is 95.0 cm³/mol. The van der Waals surface area contributed by atoms with Crippen LogP contribution in [0.4, 0.5) is 0 Å². The van der Waals surface area contributed by atoms with E-state index in [9.17, 15) is 9.90 Å². The molecule has 0 aliphatic heterocycles. The highest BCUT2D eigenvalue weighted by Crippen LogP contribution is 2.30. The number of carbonyl (C=O) groups is 1. The van der Waals surface area contributed by atoms with Gasteiger partial charge in [-0.15, -0.1) is 22.7 Å². The van der Waals surface area contributed by atoms with Crippen LogP contribution in [0, 0.1) is 6.92 Å². The van der Waals surface area contributed by atoms with Gasteiger partial charge in [0.25, 0.3) is 5.91 Å². The van der Waals surface area contributed by atoms with Crippen molar-refractivity contribution in [3.63, 3.8) is 0 Å². The second kappa shape index (κ2) is 7.08. The number of aliphatic hydroxyl groups is 1. The Morgan fingerprint density at radius 3 is 2.61 bits per heavy atom. The van der Waals surface area contributed by atoms with E-state index in [1.165, 1.54) is 22.7 Å². The van der Waals surface area contributed by atoms with Gasteiger partial charge in [-0.1, -0.05) is 23.8 Å². The molecule has 3 nitrogen and oxygen atoms in total. The van der Waals surface area contributed by atoms with Gasteiger partial charge in [-0.3, -0.25) is 4.79 Å². The van der Waals surface area contributed by atoms with Crippen LogP contribution in [-0.4, -0.2) is 11.0 Å². The lowest BCUT2D eigenvalue weighted by Crippen LogP contribution is -2.22. The number of benzene rings is 1. The second-order valence-corrected chi connectivity index (χ2v) is 7.45. The van der Waals surface area contributed by atoms with E-state index < -0.39 is 6.10 Å². The lowest BCUT2D eigenvalue weighted by molar-refractivity contribution is 0.0951. The van der Waals surface area contributed by atoms with Crippen molar-refractivity contribution in [1.29, 1.82) is 0 Å². The molecular weight excluding hydrogens is 326 g/mol. The van der Waals surface area contributed by atoms with Crippen LogP contribution in [0.15, 0.2) is 53.9 Å². The Balaban J connectivity index is 1.61. The molecule has 1 amide bonds. The summed E-state index contributed by atoms with van der Waals surface area (Å²) < 4.78 is 0. The maximum atomic E-state index is 12.1. The van der Waals surface area contributed by atoms with Gasteiger partial charge in [-0.05, 0) is 42.6 Å². The number of aryl methyl sites for hydroxylation is 1. The van der Waals surface area contributed by atoms with E-state index in [1.54, 1.807) is 0 Å². The summed E-state index contributed by atoms with van der Waals surface area (Å²) in [6.07, 6.45) is -0.582. The molecule has 2 heterocycles. The van der Waals surface area contributed by atoms with Crippen LogP contribution in [0.2, 0.25) is 0 Å². The van der Waals surface area contributed by atoms with Gasteiger partial charge in [0, 0.05) is 20.2 Å². The van der Waals surface area contributed by atoms with Crippen molar-refractivity contribution < 1.29 is 9.90 Å². The summed E-state index contributed by atoms with van der Waals surface area (Å²) in [5, 5.41) is 15.2. The SMILES string of the molecule is Cc1ccc(C(=O)NCc2ccc(C(O)c3cccs3)s2)cc1. The number of amides is 1. The van der Waals surface area contributed by atoms with Crippen LogP contribution in [0.1, 0.15) is 36.7 Å². The number of aliphatic hydroxyl groups excluding tert-OH is 1. The second-order valence-electron chi connectivity index (χ2n) is 5.27. The van der Waals surface area contributed by atoms with Crippen LogP contribution in [0.3, 0.4) is 0 Å². The van der Waals surface area contributed by atoms with E-state index in [0.29, 0.717) is 12.1 Å². The fourth-order valence-electron chi connectivity index (χ4n) is 2.20. The van der Waals surface area contributed by atoms with Crippen LogP contribution in [-0.2, 0) is 6.54 Å². The molecule has 3 rings (SSSR count). The van der Waals surface area contributed by atoms with E-state index in [4.69, 9.17) is 0 Å². The molecule has 0 saturated carbocycles. The summed E-state index contributed by atoms with van der Waals surface area (Å²) in [6.45, 7) is 2.46. The Bertz CT molecular complexity index is 776. The van der Waals surface area contributed by atoms with E-state index in [-0.39, 0.29) is 5.91 Å². The minimum absolute atomic E-state index is 0.0845. The number of carbonyl (C=O) groups excluding carboxylic acids is 1. The molecule has 1 atom stereocenters. The van der Waals surface area contributed by atoms with Gasteiger partial charge in [0.15, 0.2) is 0 Å². The third kappa shape index (κ3) is 3.88. The average Bonchev–Trinajstić information content (AvgIpc) is 3.24. The third-order valence-corrected chi connectivity index (χ3v) is 5.56. The first-order valence-corrected chi connectivity index (χ1v) is 8.98. The van der Waals surface area contributed by atoms with Crippen LogP contribution in [0.25, 0.3) is 0 Å². The molecule has 3 aromatic rings. The van der Waals surface area contributed by atoms with Gasteiger partial charge in [0.1, 0.15) is 6.10 Å². The minimum Gasteiger partial charge on any atom is -0.382 e. The van der Waals surface area contributed by atoms with E-state index in [1.807, 2.05) is 60.8 Å². The Morgan fingerprint density at radius 1 is 1.13 bits per heavy atom. The third-order valence-electron chi connectivity index (χ3n) is 3.50. The van der Waals surface area contributed by atoms with E-state index in [2.05, 4.69) is 5.32 Å². The summed E-state index contributed by atoms with van der Waals surface area (Å²) in [6, 6.07) is 15.2. The minimum atomic E-state index is -0.582. The molecule has 0 bridgehead atoms. The van der Waals surface area contributed by atoms with Crippen molar-refractivity contribution >= 4 is 28.6 Å². The van der Waals surface area contributed by atoms with Crippen molar-refractivity contribution in [2.24, 2.45) is 0 Å². The smallest absolute Gasteiger partial charge is 0.251 e. The first-order valence-electron chi connectivity index (χ1n) is 7.28.